The highest BCUT2D eigenvalue weighted by Crippen LogP contribution is 2.46. The number of hydrogen-bond acceptors (Lipinski definition) is 6. The smallest absolute Gasteiger partial charge is 0.417 e. The van der Waals surface area contributed by atoms with Crippen LogP contribution in [0, 0.1) is 11.7 Å². The Labute approximate surface area is 297 Å². The number of carbonyl (C=O) groups excluding carboxylic acids is 2. The highest BCUT2D eigenvalue weighted by molar-refractivity contribution is 6.30. The third-order valence-corrected chi connectivity index (χ3v) is 9.28. The number of hydrogen-bond donors (Lipinski definition) is 1. The normalized spacial score (nSPS) is 16.8. The standard InChI is InChI=1S/C37H38ClF5N2O6/c1-22(2)32(34(47)48)45(35(49)50-20-23-6-4-3-5-7-23)33(46)29-17-28(25-8-9-25)31(18-30(29)39)51-21-36(40)10-12-44(13-11-36)19-24-14-26(37(41,42)43)16-27(38)15-24/h3-7,14-18,22,25,32H,8-13,19-21H2,1-2H3,(H,47,48)/t32-/m0/s1. The summed E-state index contributed by atoms with van der Waals surface area (Å²) in [6, 6.07) is 12.4. The van der Waals surface area contributed by atoms with E-state index in [-0.39, 0.29) is 55.8 Å². The van der Waals surface area contributed by atoms with Crippen molar-refractivity contribution in [3.8, 4) is 5.75 Å². The quantitative estimate of drug-likeness (QED) is 0.186. The summed E-state index contributed by atoms with van der Waals surface area (Å²) in [5, 5.41) is 9.92. The molecule has 0 radical (unpaired) electrons. The first kappa shape index (κ1) is 38.0. The first-order valence-corrected chi connectivity index (χ1v) is 16.9. The Morgan fingerprint density at radius 3 is 2.27 bits per heavy atom. The summed E-state index contributed by atoms with van der Waals surface area (Å²) in [6.07, 6.45) is -4.42. The van der Waals surface area contributed by atoms with E-state index < -0.39 is 65.3 Å². The molecule has 1 N–H and O–H groups in total. The van der Waals surface area contributed by atoms with Gasteiger partial charge in [0.25, 0.3) is 5.91 Å². The monoisotopic (exact) mass is 736 g/mol. The molecule has 14 heteroatoms. The lowest BCUT2D eigenvalue weighted by atomic mass is 9.93. The van der Waals surface area contributed by atoms with Crippen molar-refractivity contribution in [3.63, 3.8) is 0 Å². The Balaban J connectivity index is 1.29. The fourth-order valence-corrected chi connectivity index (χ4v) is 6.39. The molecule has 1 aliphatic heterocycles. The van der Waals surface area contributed by atoms with Crippen molar-refractivity contribution >= 4 is 29.6 Å². The minimum absolute atomic E-state index is 0.00331. The van der Waals surface area contributed by atoms with Gasteiger partial charge in [-0.25, -0.2) is 23.3 Å². The van der Waals surface area contributed by atoms with Crippen molar-refractivity contribution in [1.82, 2.24) is 9.80 Å². The van der Waals surface area contributed by atoms with E-state index in [9.17, 15) is 32.7 Å². The molecule has 1 heterocycles. The molecule has 5 rings (SSSR count). The predicted molar refractivity (Wildman–Crippen MR) is 178 cm³/mol. The van der Waals surface area contributed by atoms with Gasteiger partial charge in [-0.1, -0.05) is 55.8 Å². The van der Waals surface area contributed by atoms with E-state index in [4.69, 9.17) is 21.1 Å². The number of nitrogens with zero attached hydrogens (tertiary/aromatic N) is 2. The van der Waals surface area contributed by atoms with Gasteiger partial charge in [-0.15, -0.1) is 0 Å². The van der Waals surface area contributed by atoms with Gasteiger partial charge in [-0.2, -0.15) is 13.2 Å². The topological polar surface area (TPSA) is 96.4 Å². The summed E-state index contributed by atoms with van der Waals surface area (Å²) >= 11 is 5.91. The van der Waals surface area contributed by atoms with E-state index in [1.807, 2.05) is 4.90 Å². The molecule has 1 saturated carbocycles. The van der Waals surface area contributed by atoms with Crippen LogP contribution in [0.1, 0.15) is 78.1 Å². The van der Waals surface area contributed by atoms with Gasteiger partial charge in [0.2, 0.25) is 0 Å². The molecule has 51 heavy (non-hydrogen) atoms. The third kappa shape index (κ3) is 9.56. The molecular formula is C37H38ClF5N2O6. The number of aliphatic carboxylic acids is 1. The van der Waals surface area contributed by atoms with Gasteiger partial charge >= 0.3 is 18.2 Å². The van der Waals surface area contributed by atoms with Gasteiger partial charge in [0.15, 0.2) is 0 Å². The Bertz CT molecular complexity index is 1740. The van der Waals surface area contributed by atoms with Crippen molar-refractivity contribution in [3.05, 3.63) is 99.3 Å². The number of rotatable bonds is 12. The van der Waals surface area contributed by atoms with E-state index in [0.29, 0.717) is 34.4 Å². The van der Waals surface area contributed by atoms with Crippen molar-refractivity contribution in [2.45, 2.75) is 76.5 Å². The molecule has 2 amide bonds. The first-order valence-electron chi connectivity index (χ1n) is 16.6. The Morgan fingerprint density at radius 1 is 1.02 bits per heavy atom. The Hall–Kier alpha value is -4.23. The molecule has 0 bridgehead atoms. The van der Waals surface area contributed by atoms with Crippen LogP contribution in [-0.2, 0) is 28.9 Å². The number of amides is 2. The summed E-state index contributed by atoms with van der Waals surface area (Å²) in [5.74, 6) is -4.61. The molecule has 1 atom stereocenters. The number of alkyl halides is 4. The number of carbonyl (C=O) groups is 3. The first-order chi connectivity index (χ1) is 24.0. The molecule has 2 fully saturated rings. The van der Waals surface area contributed by atoms with Gasteiger partial charge in [-0.05, 0) is 78.5 Å². The molecule has 2 aliphatic rings. The van der Waals surface area contributed by atoms with Gasteiger partial charge in [-0.3, -0.25) is 9.69 Å². The third-order valence-electron chi connectivity index (χ3n) is 9.06. The van der Waals surface area contributed by atoms with Gasteiger partial charge in [0.05, 0.1) is 11.1 Å². The number of halogens is 6. The van der Waals surface area contributed by atoms with Gasteiger partial charge in [0.1, 0.15) is 36.5 Å². The minimum Gasteiger partial charge on any atom is -0.490 e. The lowest BCUT2D eigenvalue weighted by molar-refractivity contribution is -0.143. The van der Waals surface area contributed by atoms with Crippen LogP contribution in [0.5, 0.6) is 5.75 Å². The summed E-state index contributed by atoms with van der Waals surface area (Å²) in [7, 11) is 0. The average Bonchev–Trinajstić information content (AvgIpc) is 3.91. The fourth-order valence-electron chi connectivity index (χ4n) is 6.14. The van der Waals surface area contributed by atoms with Crippen LogP contribution >= 0.6 is 11.6 Å². The zero-order chi connectivity index (χ0) is 37.1. The maximum Gasteiger partial charge on any atom is 0.417 e. The number of imide groups is 1. The van der Waals surface area contributed by atoms with Gasteiger partial charge < -0.3 is 14.6 Å². The zero-order valence-corrected chi connectivity index (χ0v) is 28.8. The van der Waals surface area contributed by atoms with E-state index in [2.05, 4.69) is 0 Å². The van der Waals surface area contributed by atoms with E-state index >= 15 is 8.78 Å². The zero-order valence-electron chi connectivity index (χ0n) is 28.0. The second-order valence-corrected chi connectivity index (χ2v) is 13.9. The predicted octanol–water partition coefficient (Wildman–Crippen LogP) is 8.65. The molecule has 0 unspecified atom stereocenters. The minimum atomic E-state index is -4.56. The van der Waals surface area contributed by atoms with Crippen LogP contribution < -0.4 is 4.74 Å². The van der Waals surface area contributed by atoms with Crippen LogP contribution in [0.25, 0.3) is 0 Å². The molecule has 1 saturated heterocycles. The van der Waals surface area contributed by atoms with Crippen LogP contribution in [0.3, 0.4) is 0 Å². The number of benzene rings is 3. The van der Waals surface area contributed by atoms with Crippen molar-refractivity contribution in [2.75, 3.05) is 19.7 Å². The lowest BCUT2D eigenvalue weighted by Gasteiger charge is -2.36. The second-order valence-electron chi connectivity index (χ2n) is 13.4. The molecule has 1 aliphatic carbocycles. The average molecular weight is 737 g/mol. The number of carboxylic acid groups (broad SMARTS) is 1. The lowest BCUT2D eigenvalue weighted by Crippen LogP contribution is -2.51. The van der Waals surface area contributed by atoms with Crippen molar-refractivity contribution in [2.24, 2.45) is 5.92 Å². The maximum absolute atomic E-state index is 16.0. The van der Waals surface area contributed by atoms with Gasteiger partial charge in [0, 0.05) is 30.7 Å². The highest BCUT2D eigenvalue weighted by atomic mass is 35.5. The molecule has 8 nitrogen and oxygen atoms in total. The second kappa shape index (κ2) is 15.6. The molecule has 3 aromatic rings. The number of likely N-dealkylation sites (tertiary alicyclic amines) is 1. The fraction of sp³-hybridized carbons (Fsp3) is 0.432. The van der Waals surface area contributed by atoms with Crippen molar-refractivity contribution in [1.29, 1.82) is 0 Å². The SMILES string of the molecule is CC(C)[C@@H](C(=O)O)N(C(=O)OCc1ccccc1)C(=O)c1cc(C2CC2)c(OCC2(F)CCN(Cc3cc(Cl)cc(C(F)(F)F)c3)CC2)cc1F. The largest absolute Gasteiger partial charge is 0.490 e. The maximum atomic E-state index is 16.0. The molecule has 3 aromatic carbocycles. The summed E-state index contributed by atoms with van der Waals surface area (Å²) in [6.45, 7) is 2.91. The van der Waals surface area contributed by atoms with Crippen LogP contribution in [0.4, 0.5) is 26.7 Å². The number of ether oxygens (including phenoxy) is 2. The molecular weight excluding hydrogens is 699 g/mol. The summed E-state index contributed by atoms with van der Waals surface area (Å²) in [4.78, 5) is 41.6. The molecule has 0 spiro atoms. The summed E-state index contributed by atoms with van der Waals surface area (Å²) < 4.78 is 82.6. The highest BCUT2D eigenvalue weighted by Gasteiger charge is 2.41. The van der Waals surface area contributed by atoms with Crippen LogP contribution in [0.2, 0.25) is 5.02 Å². The molecule has 274 valence electrons. The Kier molecular flexibility index (Phi) is 11.6. The number of carboxylic acids is 1. The van der Waals surface area contributed by atoms with E-state index in [1.54, 1.807) is 30.3 Å². The van der Waals surface area contributed by atoms with Crippen LogP contribution in [0.15, 0.2) is 60.7 Å². The van der Waals surface area contributed by atoms with Crippen LogP contribution in [-0.4, -0.2) is 64.3 Å². The van der Waals surface area contributed by atoms with E-state index in [1.165, 1.54) is 26.0 Å². The van der Waals surface area contributed by atoms with E-state index in [0.717, 1.165) is 18.2 Å². The Morgan fingerprint density at radius 2 is 1.69 bits per heavy atom. The summed E-state index contributed by atoms with van der Waals surface area (Å²) in [5.41, 5.74) is -1.86. The number of piperidine rings is 1. The van der Waals surface area contributed by atoms with Crippen molar-refractivity contribution < 1.29 is 50.9 Å². The molecule has 0 aromatic heterocycles.